The van der Waals surface area contributed by atoms with Crippen molar-refractivity contribution in [2.45, 2.75) is 38.7 Å². The molecule has 13 heteroatoms. The number of thioether (sulfide) groups is 1. The van der Waals surface area contributed by atoms with Gasteiger partial charge in [0.25, 0.3) is 5.69 Å². The molecule has 2 aliphatic rings. The first-order valence-electron chi connectivity index (χ1n) is 14.2. The molecule has 3 atom stereocenters. The van der Waals surface area contributed by atoms with E-state index >= 15 is 0 Å². The smallest absolute Gasteiger partial charge is 0.407 e. The molecule has 0 spiro atoms. The van der Waals surface area contributed by atoms with E-state index in [9.17, 15) is 29.6 Å². The Morgan fingerprint density at radius 2 is 1.73 bits per heavy atom. The third-order valence-corrected chi connectivity index (χ3v) is 8.41. The Morgan fingerprint density at radius 1 is 1.02 bits per heavy atom. The summed E-state index contributed by atoms with van der Waals surface area (Å²) >= 11 is 1.32. The SMILES string of the molecule is C[C@@H](O)[C@H]1C(=O)N2C(C(=O)OCc3cccc(Oc4ccccc4)c3)=C(SCCNC(=O)OCc3ccc([N+](=O)[O-])cc3)C[C@H]12. The van der Waals surface area contributed by atoms with Crippen LogP contribution < -0.4 is 10.1 Å². The number of alkyl carbamates (subject to hydrolysis) is 1. The number of amides is 2. The number of benzene rings is 3. The molecule has 3 aromatic carbocycles. The lowest BCUT2D eigenvalue weighted by atomic mass is 9.83. The van der Waals surface area contributed by atoms with Crippen molar-refractivity contribution in [1.82, 2.24) is 10.2 Å². The molecule has 2 amide bonds. The van der Waals surface area contributed by atoms with E-state index in [2.05, 4.69) is 5.32 Å². The monoisotopic (exact) mass is 633 g/mol. The first kappa shape index (κ1) is 31.5. The molecule has 0 aromatic heterocycles. The Bertz CT molecular complexity index is 1590. The predicted molar refractivity (Wildman–Crippen MR) is 164 cm³/mol. The van der Waals surface area contributed by atoms with E-state index in [0.29, 0.717) is 39.7 Å². The Balaban J connectivity index is 1.16. The summed E-state index contributed by atoms with van der Waals surface area (Å²) in [6.07, 6.45) is -1.14. The van der Waals surface area contributed by atoms with Crippen LogP contribution in [0.5, 0.6) is 11.5 Å². The van der Waals surface area contributed by atoms with E-state index < -0.39 is 29.0 Å². The number of carbonyl (C=O) groups excluding carboxylic acids is 3. The fourth-order valence-corrected chi connectivity index (χ4v) is 6.19. The van der Waals surface area contributed by atoms with Crippen molar-refractivity contribution in [1.29, 1.82) is 0 Å². The Labute approximate surface area is 263 Å². The van der Waals surface area contributed by atoms with Crippen LogP contribution in [0.25, 0.3) is 0 Å². The molecule has 0 aliphatic carbocycles. The Morgan fingerprint density at radius 3 is 2.44 bits per heavy atom. The van der Waals surface area contributed by atoms with Crippen LogP contribution >= 0.6 is 11.8 Å². The van der Waals surface area contributed by atoms with Crippen LogP contribution in [0.2, 0.25) is 0 Å². The first-order valence-corrected chi connectivity index (χ1v) is 15.2. The van der Waals surface area contributed by atoms with Gasteiger partial charge in [-0.05, 0) is 54.4 Å². The zero-order valence-electron chi connectivity index (χ0n) is 24.3. The molecule has 0 bridgehead atoms. The third-order valence-electron chi connectivity index (χ3n) is 7.29. The van der Waals surface area contributed by atoms with Crippen molar-refractivity contribution in [3.8, 4) is 11.5 Å². The molecule has 12 nitrogen and oxygen atoms in total. The maximum Gasteiger partial charge on any atom is 0.407 e. The summed E-state index contributed by atoms with van der Waals surface area (Å²) in [5, 5.41) is 23.5. The number of hydrogen-bond donors (Lipinski definition) is 2. The predicted octanol–water partition coefficient (Wildman–Crippen LogP) is 4.91. The number of rotatable bonds is 13. The molecule has 1 fully saturated rings. The number of aliphatic hydroxyl groups is 1. The highest BCUT2D eigenvalue weighted by atomic mass is 32.2. The van der Waals surface area contributed by atoms with Gasteiger partial charge < -0.3 is 29.5 Å². The molecule has 0 unspecified atom stereocenters. The maximum atomic E-state index is 13.3. The summed E-state index contributed by atoms with van der Waals surface area (Å²) in [7, 11) is 0. The van der Waals surface area contributed by atoms with Gasteiger partial charge in [-0.1, -0.05) is 30.3 Å². The van der Waals surface area contributed by atoms with Gasteiger partial charge in [0.2, 0.25) is 5.91 Å². The summed E-state index contributed by atoms with van der Waals surface area (Å²) in [5.41, 5.74) is 1.40. The van der Waals surface area contributed by atoms with Crippen LogP contribution in [0.15, 0.2) is 89.5 Å². The third kappa shape index (κ3) is 7.62. The minimum atomic E-state index is -0.861. The quantitative estimate of drug-likeness (QED) is 0.0871. The first-order chi connectivity index (χ1) is 21.7. The topological polar surface area (TPSA) is 158 Å². The second-order valence-electron chi connectivity index (χ2n) is 10.4. The van der Waals surface area contributed by atoms with Crippen molar-refractivity contribution in [3.05, 3.63) is 111 Å². The largest absolute Gasteiger partial charge is 0.457 e. The molecule has 2 N–H and O–H groups in total. The number of fused-ring (bicyclic) bond motifs is 1. The summed E-state index contributed by atoms with van der Waals surface area (Å²) in [5.74, 6) is 0.0524. The van der Waals surface area contributed by atoms with Crippen LogP contribution in [0, 0.1) is 16.0 Å². The van der Waals surface area contributed by atoms with Gasteiger partial charge in [-0.25, -0.2) is 9.59 Å². The molecular weight excluding hydrogens is 602 g/mol. The van der Waals surface area contributed by atoms with E-state index in [0.717, 1.165) is 0 Å². The standard InChI is InChI=1S/C32H31N3O9S/c1-20(36)28-26-17-27(45-15-14-33-32(39)43-18-21-10-12-23(13-11-21)35(40)41)29(34(26)30(28)37)31(38)42-19-22-6-5-9-25(16-22)44-24-7-3-2-4-8-24/h2-13,16,20,26,28,36H,14-15,17-19H2,1H3,(H,33,39)/t20-,26-,28-/m1/s1. The number of aliphatic hydroxyl groups excluding tert-OH is 1. The van der Waals surface area contributed by atoms with Crippen LogP contribution in [0.3, 0.4) is 0 Å². The molecular formula is C32H31N3O9S. The zero-order chi connectivity index (χ0) is 31.9. The highest BCUT2D eigenvalue weighted by molar-refractivity contribution is 8.03. The van der Waals surface area contributed by atoms with Gasteiger partial charge in [0.05, 0.1) is 23.0 Å². The molecule has 0 radical (unpaired) electrons. The average Bonchev–Trinajstić information content (AvgIpc) is 3.35. The molecule has 2 aliphatic heterocycles. The summed E-state index contributed by atoms with van der Waals surface area (Å²) in [6, 6.07) is 21.8. The van der Waals surface area contributed by atoms with Gasteiger partial charge in [-0.15, -0.1) is 11.8 Å². The molecule has 0 saturated carbocycles. The number of nitrogens with zero attached hydrogens (tertiary/aromatic N) is 2. The second-order valence-corrected chi connectivity index (χ2v) is 11.6. The van der Waals surface area contributed by atoms with E-state index in [4.69, 9.17) is 14.2 Å². The fourth-order valence-electron chi connectivity index (χ4n) is 5.13. The number of non-ortho nitro benzene ring substituents is 1. The van der Waals surface area contributed by atoms with Crippen LogP contribution in [0.4, 0.5) is 10.5 Å². The number of hydrogen-bond acceptors (Lipinski definition) is 10. The van der Waals surface area contributed by atoms with Crippen molar-refractivity contribution in [3.63, 3.8) is 0 Å². The van der Waals surface area contributed by atoms with Crippen molar-refractivity contribution >= 4 is 35.4 Å². The van der Waals surface area contributed by atoms with E-state index in [1.807, 2.05) is 30.3 Å². The van der Waals surface area contributed by atoms with Gasteiger partial charge in [-0.3, -0.25) is 14.9 Å². The number of carbonyl (C=O) groups is 3. The number of para-hydroxylation sites is 1. The minimum absolute atomic E-state index is 0.0407. The van der Waals surface area contributed by atoms with Crippen molar-refractivity contribution in [2.75, 3.05) is 12.3 Å². The second kappa shape index (κ2) is 14.3. The van der Waals surface area contributed by atoms with Gasteiger partial charge in [-0.2, -0.15) is 0 Å². The highest BCUT2D eigenvalue weighted by Crippen LogP contribution is 2.47. The molecule has 1 saturated heterocycles. The lowest BCUT2D eigenvalue weighted by Gasteiger charge is -2.44. The summed E-state index contributed by atoms with van der Waals surface area (Å²) in [6.45, 7) is 1.67. The number of nitro benzene ring substituents is 1. The van der Waals surface area contributed by atoms with E-state index in [-0.39, 0.29) is 43.1 Å². The lowest BCUT2D eigenvalue weighted by molar-refractivity contribution is -0.384. The summed E-state index contributed by atoms with van der Waals surface area (Å²) in [4.78, 5) is 50.7. The van der Waals surface area contributed by atoms with Crippen molar-refractivity contribution < 1.29 is 38.6 Å². The summed E-state index contributed by atoms with van der Waals surface area (Å²) < 4.78 is 16.7. The van der Waals surface area contributed by atoms with Gasteiger partial charge >= 0.3 is 12.1 Å². The van der Waals surface area contributed by atoms with Crippen LogP contribution in [0.1, 0.15) is 24.5 Å². The Kier molecular flexibility index (Phi) is 10.0. The molecule has 45 heavy (non-hydrogen) atoms. The molecule has 234 valence electrons. The average molecular weight is 634 g/mol. The molecule has 3 aromatic rings. The van der Waals surface area contributed by atoms with E-state index in [1.165, 1.54) is 40.9 Å². The highest BCUT2D eigenvalue weighted by Gasteiger charge is 2.57. The van der Waals surface area contributed by atoms with Gasteiger partial charge in [0, 0.05) is 35.8 Å². The van der Waals surface area contributed by atoms with Crippen molar-refractivity contribution in [2.24, 2.45) is 5.92 Å². The van der Waals surface area contributed by atoms with Gasteiger partial charge in [0.15, 0.2) is 0 Å². The normalized spacial score (nSPS) is 17.6. The number of ether oxygens (including phenoxy) is 3. The number of nitrogens with one attached hydrogen (secondary N) is 1. The van der Waals surface area contributed by atoms with E-state index in [1.54, 1.807) is 31.2 Å². The minimum Gasteiger partial charge on any atom is -0.457 e. The zero-order valence-corrected chi connectivity index (χ0v) is 25.1. The number of β-lactam (4-membered cyclic amide) rings is 1. The molecule has 2 heterocycles. The Hall–Kier alpha value is -4.88. The van der Waals surface area contributed by atoms with Crippen LogP contribution in [-0.4, -0.2) is 57.3 Å². The number of nitro groups is 1. The van der Waals surface area contributed by atoms with Crippen LogP contribution in [-0.2, 0) is 32.3 Å². The maximum absolute atomic E-state index is 13.3. The number of esters is 1. The molecule has 5 rings (SSSR count). The lowest BCUT2D eigenvalue weighted by Crippen LogP contribution is -2.61. The van der Waals surface area contributed by atoms with Gasteiger partial charge in [0.1, 0.15) is 30.4 Å². The fraction of sp³-hybridized carbons (Fsp3) is 0.281.